The molecule has 0 saturated heterocycles. The number of aromatic hydroxyl groups is 1. The van der Waals surface area contributed by atoms with E-state index in [1.807, 2.05) is 0 Å². The molecule has 4 rings (SSSR count). The Bertz CT molecular complexity index is 1160. The maximum Gasteiger partial charge on any atom is 0.255 e. The Kier molecular flexibility index (Phi) is 5.18. The van der Waals surface area contributed by atoms with Gasteiger partial charge in [0.15, 0.2) is 11.4 Å². The topological polar surface area (TPSA) is 158 Å². The fraction of sp³-hybridized carbons (Fsp3) is 0.458. The number of aliphatic hydroxyl groups excluding tert-OH is 2. The molecule has 1 amide bonds. The molecule has 1 aromatic carbocycles. The van der Waals surface area contributed by atoms with Gasteiger partial charge >= 0.3 is 0 Å². The predicted molar refractivity (Wildman–Crippen MR) is 118 cm³/mol. The second kappa shape index (κ2) is 7.43. The number of ketones is 2. The lowest BCUT2D eigenvalue weighted by molar-refractivity contribution is -0.870. The first-order valence-corrected chi connectivity index (χ1v) is 10.9. The van der Waals surface area contributed by atoms with E-state index in [1.165, 1.54) is 6.07 Å². The Morgan fingerprint density at radius 1 is 1.15 bits per heavy atom. The number of phenolic OH excluding ortho intramolecular Hbond substituents is 1. The normalized spacial score (nSPS) is 27.3. The van der Waals surface area contributed by atoms with Crippen molar-refractivity contribution < 1.29 is 39.3 Å². The number of quaternary nitrogens is 1. The quantitative estimate of drug-likeness (QED) is 0.328. The van der Waals surface area contributed by atoms with Crippen LogP contribution in [0.25, 0.3) is 5.76 Å². The van der Waals surface area contributed by atoms with E-state index >= 15 is 0 Å². The highest BCUT2D eigenvalue weighted by Crippen LogP contribution is 2.52. The van der Waals surface area contributed by atoms with E-state index in [0.29, 0.717) is 12.8 Å². The average Bonchev–Trinajstić information content (AvgIpc) is 2.69. The molecule has 0 aromatic heterocycles. The molecular weight excluding hydrogens is 428 g/mol. The number of hydrogen-bond donors (Lipinski definition) is 5. The van der Waals surface area contributed by atoms with E-state index in [0.717, 1.165) is 22.2 Å². The molecule has 33 heavy (non-hydrogen) atoms. The Hall–Kier alpha value is -3.17. The van der Waals surface area contributed by atoms with Crippen LogP contribution in [0.2, 0.25) is 0 Å². The van der Waals surface area contributed by atoms with Crippen molar-refractivity contribution in [1.82, 2.24) is 0 Å². The number of amides is 1. The van der Waals surface area contributed by atoms with E-state index in [-0.39, 0.29) is 29.7 Å². The summed E-state index contributed by atoms with van der Waals surface area (Å²) in [5.41, 5.74) is 3.56. The number of aliphatic hydroxyl groups is 3. The molecule has 1 fully saturated rings. The fourth-order valence-electron chi connectivity index (χ4n) is 5.38. The van der Waals surface area contributed by atoms with Crippen LogP contribution >= 0.6 is 0 Å². The van der Waals surface area contributed by atoms with Crippen LogP contribution in [-0.4, -0.2) is 75.7 Å². The van der Waals surface area contributed by atoms with Gasteiger partial charge in [-0.1, -0.05) is 6.07 Å². The van der Waals surface area contributed by atoms with Crippen molar-refractivity contribution in [2.24, 2.45) is 17.6 Å². The van der Waals surface area contributed by atoms with E-state index < -0.39 is 52.0 Å². The van der Waals surface area contributed by atoms with E-state index in [1.54, 1.807) is 6.07 Å². The second-order valence-corrected chi connectivity index (χ2v) is 10.3. The van der Waals surface area contributed by atoms with Gasteiger partial charge in [0.25, 0.3) is 5.91 Å². The molecule has 1 aromatic rings. The van der Waals surface area contributed by atoms with Crippen molar-refractivity contribution in [3.8, 4) is 5.75 Å². The summed E-state index contributed by atoms with van der Waals surface area (Å²) in [7, 11) is 6.18. The minimum Gasteiger partial charge on any atom is -0.508 e. The van der Waals surface area contributed by atoms with Crippen molar-refractivity contribution in [1.29, 1.82) is 0 Å². The number of phenols is 1. The Labute approximate surface area is 191 Å². The minimum absolute atomic E-state index is 0.120. The zero-order valence-electron chi connectivity index (χ0n) is 18.9. The molecule has 3 atom stereocenters. The van der Waals surface area contributed by atoms with Crippen LogP contribution in [0.15, 0.2) is 29.0 Å². The molecule has 9 nitrogen and oxygen atoms in total. The van der Waals surface area contributed by atoms with Crippen LogP contribution < -0.4 is 5.73 Å². The van der Waals surface area contributed by atoms with E-state index in [4.69, 9.17) is 5.73 Å². The first kappa shape index (κ1) is 23.0. The van der Waals surface area contributed by atoms with Gasteiger partial charge in [-0.3, -0.25) is 14.4 Å². The monoisotopic (exact) mass is 457 g/mol. The Morgan fingerprint density at radius 2 is 1.82 bits per heavy atom. The van der Waals surface area contributed by atoms with Crippen LogP contribution in [0.1, 0.15) is 29.5 Å². The molecule has 9 heteroatoms. The highest BCUT2D eigenvalue weighted by molar-refractivity contribution is 6.22. The number of primary amides is 1. The van der Waals surface area contributed by atoms with E-state index in [9.17, 15) is 34.8 Å². The first-order chi connectivity index (χ1) is 15.3. The van der Waals surface area contributed by atoms with Crippen molar-refractivity contribution in [2.75, 3.05) is 27.7 Å². The van der Waals surface area contributed by atoms with Crippen LogP contribution in [0, 0.1) is 11.8 Å². The van der Waals surface area contributed by atoms with Crippen molar-refractivity contribution >= 4 is 23.2 Å². The summed E-state index contributed by atoms with van der Waals surface area (Å²) in [6, 6.07) is 3.27. The number of fused-ring (bicyclic) bond motifs is 3. The third kappa shape index (κ3) is 3.43. The maximum atomic E-state index is 13.5. The van der Waals surface area contributed by atoms with Gasteiger partial charge < -0.3 is 30.6 Å². The highest BCUT2D eigenvalue weighted by atomic mass is 16.3. The predicted octanol–water partition coefficient (Wildman–Crippen LogP) is 0.673. The summed E-state index contributed by atoms with van der Waals surface area (Å²) in [6.45, 7) is 0.809. The highest BCUT2D eigenvalue weighted by Gasteiger charge is 2.60. The van der Waals surface area contributed by atoms with Crippen molar-refractivity contribution in [3.63, 3.8) is 0 Å². The Balaban J connectivity index is 1.85. The third-order valence-electron chi connectivity index (χ3n) is 7.10. The molecule has 0 bridgehead atoms. The molecule has 0 radical (unpaired) electrons. The number of Topliss-reactive ketones (excluding diaryl/α,β-unsaturated/α-hetero) is 2. The van der Waals surface area contributed by atoms with Crippen molar-refractivity contribution in [2.45, 2.75) is 31.3 Å². The molecule has 176 valence electrons. The standard InChI is InChI=1S/C24H28N2O7/c1-26(2,3)7-6-11-4-5-15(27)18-14(11)9-12-8-13-10-16(28)19(23(25)32)22(31)24(13,33)21(30)17(12)20(18)29/h4-5,12-13,33H,6-10H2,1-3H3,(H4-,25,27,28,29,30,31,32)/p+1/t12-,13+,24+/m1/s1. The second-order valence-electron chi connectivity index (χ2n) is 10.3. The molecule has 3 aliphatic carbocycles. The zero-order valence-corrected chi connectivity index (χ0v) is 18.9. The van der Waals surface area contributed by atoms with E-state index in [2.05, 4.69) is 21.1 Å². The van der Waals surface area contributed by atoms with Crippen LogP contribution in [0.5, 0.6) is 5.75 Å². The largest absolute Gasteiger partial charge is 0.508 e. The number of likely N-dealkylation sites (N-methyl/N-ethyl adjacent to an activating group) is 1. The number of hydrogen-bond acceptors (Lipinski definition) is 7. The molecule has 3 aliphatic rings. The van der Waals surface area contributed by atoms with Crippen LogP contribution in [0.3, 0.4) is 0 Å². The number of rotatable bonds is 4. The lowest BCUT2D eigenvalue weighted by Crippen LogP contribution is -2.58. The number of nitrogens with two attached hydrogens (primary N) is 1. The number of carbonyl (C=O) groups is 3. The summed E-state index contributed by atoms with van der Waals surface area (Å²) < 4.78 is 0.718. The third-order valence-corrected chi connectivity index (χ3v) is 7.10. The number of carbonyl (C=O) groups excluding carboxylic acids is 3. The summed E-state index contributed by atoms with van der Waals surface area (Å²) in [5, 5.41) is 43.4. The fourth-order valence-corrected chi connectivity index (χ4v) is 5.38. The maximum absolute atomic E-state index is 13.5. The average molecular weight is 458 g/mol. The van der Waals surface area contributed by atoms with Crippen LogP contribution in [-0.2, 0) is 27.2 Å². The first-order valence-electron chi connectivity index (χ1n) is 10.9. The summed E-state index contributed by atoms with van der Waals surface area (Å²) in [4.78, 5) is 37.6. The zero-order chi connectivity index (χ0) is 24.5. The molecule has 0 heterocycles. The molecule has 0 aliphatic heterocycles. The lowest BCUT2D eigenvalue weighted by Gasteiger charge is -2.46. The van der Waals surface area contributed by atoms with Gasteiger partial charge in [-0.15, -0.1) is 0 Å². The van der Waals surface area contributed by atoms with Crippen molar-refractivity contribution in [3.05, 3.63) is 45.7 Å². The minimum atomic E-state index is -2.54. The molecule has 0 spiro atoms. The molecular formula is C24H29N2O7+. The van der Waals surface area contributed by atoms with Gasteiger partial charge in [0.1, 0.15) is 22.8 Å². The lowest BCUT2D eigenvalue weighted by atomic mass is 9.59. The van der Waals surface area contributed by atoms with Gasteiger partial charge in [-0.2, -0.15) is 0 Å². The molecule has 6 N–H and O–H groups in total. The summed E-state index contributed by atoms with van der Waals surface area (Å²) in [5.74, 6) is -6.12. The van der Waals surface area contributed by atoms with Gasteiger partial charge in [0.2, 0.25) is 5.78 Å². The summed E-state index contributed by atoms with van der Waals surface area (Å²) >= 11 is 0. The van der Waals surface area contributed by atoms with Gasteiger partial charge in [-0.25, -0.2) is 0 Å². The van der Waals surface area contributed by atoms with Crippen LogP contribution in [0.4, 0.5) is 0 Å². The summed E-state index contributed by atoms with van der Waals surface area (Å²) in [6.07, 6.45) is 0.825. The number of benzene rings is 1. The Morgan fingerprint density at radius 3 is 2.42 bits per heavy atom. The molecule has 1 saturated carbocycles. The SMILES string of the molecule is C[N+](C)(C)CCc1ccc(O)c2c1C[C@H]1C[C@H]3CC(=O)C(C(N)=O)=C(O)[C@@]3(O)C(=O)C1=C2O. The van der Waals surface area contributed by atoms with Gasteiger partial charge in [0.05, 0.1) is 33.3 Å². The molecule has 0 unspecified atom stereocenters. The smallest absolute Gasteiger partial charge is 0.255 e. The van der Waals surface area contributed by atoms with Gasteiger partial charge in [-0.05, 0) is 36.0 Å². The number of nitrogens with zero attached hydrogens (tertiary/aromatic N) is 1. The van der Waals surface area contributed by atoms with Gasteiger partial charge in [0, 0.05) is 24.3 Å².